The molecule has 0 spiro atoms. The number of amides is 2. The Kier molecular flexibility index (Phi) is 6.91. The molecule has 0 atom stereocenters. The third-order valence-electron chi connectivity index (χ3n) is 4.39. The molecule has 0 unspecified atom stereocenters. The van der Waals surface area contributed by atoms with Crippen molar-refractivity contribution in [1.29, 1.82) is 0 Å². The largest absolute Gasteiger partial charge is 0.493 e. The molecule has 0 saturated heterocycles. The Morgan fingerprint density at radius 3 is 2.08 bits per heavy atom. The lowest BCUT2D eigenvalue weighted by atomic mass is 9.89. The smallest absolute Gasteiger partial charge is 0.242 e. The van der Waals surface area contributed by atoms with Gasteiger partial charge in [0, 0.05) is 5.92 Å². The first kappa shape index (κ1) is 18.9. The number of nitrogens with one attached hydrogen (secondary N) is 2. The Balaban J connectivity index is 1.94. The molecule has 138 valence electrons. The highest BCUT2D eigenvalue weighted by molar-refractivity contribution is 5.84. The molecule has 1 fully saturated rings. The second-order valence-corrected chi connectivity index (χ2v) is 6.08. The zero-order valence-corrected chi connectivity index (χ0v) is 15.0. The van der Waals surface area contributed by atoms with E-state index in [1.807, 2.05) is 0 Å². The van der Waals surface area contributed by atoms with Gasteiger partial charge in [0.15, 0.2) is 11.5 Å². The van der Waals surface area contributed by atoms with E-state index in [-0.39, 0.29) is 24.2 Å². The quantitative estimate of drug-likeness (QED) is 0.766. The fourth-order valence-corrected chi connectivity index (χ4v) is 3.07. The summed E-state index contributed by atoms with van der Waals surface area (Å²) in [6, 6.07) is 3.42. The lowest BCUT2D eigenvalue weighted by Crippen LogP contribution is -2.45. The highest BCUT2D eigenvalue weighted by Gasteiger charge is 2.21. The van der Waals surface area contributed by atoms with Crippen LogP contribution in [-0.4, -0.2) is 33.1 Å². The molecule has 0 radical (unpaired) electrons. The summed E-state index contributed by atoms with van der Waals surface area (Å²) in [4.78, 5) is 24.2. The number of methoxy groups -OCH3 is 3. The van der Waals surface area contributed by atoms with Gasteiger partial charge >= 0.3 is 0 Å². The van der Waals surface area contributed by atoms with Crippen molar-refractivity contribution in [3.8, 4) is 17.2 Å². The van der Waals surface area contributed by atoms with Crippen molar-refractivity contribution in [3.63, 3.8) is 0 Å². The minimum Gasteiger partial charge on any atom is -0.493 e. The summed E-state index contributed by atoms with van der Waals surface area (Å²) >= 11 is 0. The van der Waals surface area contributed by atoms with Crippen molar-refractivity contribution in [2.24, 2.45) is 5.92 Å². The molecule has 0 aromatic heterocycles. The van der Waals surface area contributed by atoms with Gasteiger partial charge in [0.2, 0.25) is 17.6 Å². The van der Waals surface area contributed by atoms with Crippen LogP contribution < -0.4 is 25.1 Å². The Hall–Kier alpha value is -2.44. The van der Waals surface area contributed by atoms with Gasteiger partial charge < -0.3 is 14.2 Å². The zero-order chi connectivity index (χ0) is 18.2. The predicted molar refractivity (Wildman–Crippen MR) is 92.7 cm³/mol. The third-order valence-corrected chi connectivity index (χ3v) is 4.39. The second kappa shape index (κ2) is 9.15. The molecule has 2 rings (SSSR count). The molecule has 0 aliphatic heterocycles. The summed E-state index contributed by atoms with van der Waals surface area (Å²) in [5, 5.41) is 0. The van der Waals surface area contributed by atoms with Crippen LogP contribution in [0.1, 0.15) is 37.7 Å². The number of carbonyl (C=O) groups excluding carboxylic acids is 2. The molecule has 0 bridgehead atoms. The van der Waals surface area contributed by atoms with Crippen LogP contribution >= 0.6 is 0 Å². The lowest BCUT2D eigenvalue weighted by Gasteiger charge is -2.20. The first-order valence-electron chi connectivity index (χ1n) is 8.46. The number of rotatable bonds is 6. The van der Waals surface area contributed by atoms with E-state index >= 15 is 0 Å². The number of hydrazine groups is 1. The van der Waals surface area contributed by atoms with E-state index in [4.69, 9.17) is 14.2 Å². The average Bonchev–Trinajstić information content (AvgIpc) is 2.65. The molecule has 1 aromatic carbocycles. The molecule has 7 heteroatoms. The van der Waals surface area contributed by atoms with Gasteiger partial charge in [-0.05, 0) is 30.5 Å². The summed E-state index contributed by atoms with van der Waals surface area (Å²) in [6.45, 7) is 0. The minimum absolute atomic E-state index is 0.00442. The number of benzene rings is 1. The maximum absolute atomic E-state index is 12.1. The SMILES string of the molecule is COc1cc(CC(=O)NNC(=O)C2CCCCC2)cc(OC)c1OC. The summed E-state index contributed by atoms with van der Waals surface area (Å²) in [5.41, 5.74) is 5.70. The summed E-state index contributed by atoms with van der Waals surface area (Å²) in [6.07, 6.45) is 5.16. The number of hydrogen-bond acceptors (Lipinski definition) is 5. The Bertz CT molecular complexity index is 586. The minimum atomic E-state index is -0.307. The average molecular weight is 350 g/mol. The molecular weight excluding hydrogens is 324 g/mol. The van der Waals surface area contributed by atoms with Gasteiger partial charge in [-0.1, -0.05) is 19.3 Å². The molecular formula is C18H26N2O5. The fraction of sp³-hybridized carbons (Fsp3) is 0.556. The Labute approximate surface area is 148 Å². The maximum Gasteiger partial charge on any atom is 0.242 e. The number of hydrogen-bond donors (Lipinski definition) is 2. The molecule has 25 heavy (non-hydrogen) atoms. The zero-order valence-electron chi connectivity index (χ0n) is 15.0. The van der Waals surface area contributed by atoms with Crippen LogP contribution in [0.4, 0.5) is 0 Å². The monoisotopic (exact) mass is 350 g/mol. The lowest BCUT2D eigenvalue weighted by molar-refractivity contribution is -0.131. The predicted octanol–water partition coefficient (Wildman–Crippen LogP) is 1.98. The van der Waals surface area contributed by atoms with Crippen LogP contribution in [0.5, 0.6) is 17.2 Å². The normalized spacial score (nSPS) is 14.5. The van der Waals surface area contributed by atoms with E-state index in [2.05, 4.69) is 10.9 Å². The van der Waals surface area contributed by atoms with E-state index in [1.54, 1.807) is 12.1 Å². The van der Waals surface area contributed by atoms with Gasteiger partial charge in [0.1, 0.15) is 0 Å². The molecule has 1 aromatic rings. The molecule has 0 heterocycles. The van der Waals surface area contributed by atoms with E-state index in [1.165, 1.54) is 27.8 Å². The maximum atomic E-state index is 12.1. The fourth-order valence-electron chi connectivity index (χ4n) is 3.07. The first-order chi connectivity index (χ1) is 12.1. The van der Waals surface area contributed by atoms with Crippen LogP contribution in [-0.2, 0) is 16.0 Å². The van der Waals surface area contributed by atoms with E-state index < -0.39 is 0 Å². The van der Waals surface area contributed by atoms with E-state index in [0.717, 1.165) is 25.7 Å². The molecule has 1 saturated carbocycles. The van der Waals surface area contributed by atoms with Gasteiger partial charge in [-0.15, -0.1) is 0 Å². The Morgan fingerprint density at radius 2 is 1.56 bits per heavy atom. The van der Waals surface area contributed by atoms with Crippen LogP contribution in [0.2, 0.25) is 0 Å². The van der Waals surface area contributed by atoms with Crippen molar-refractivity contribution in [2.75, 3.05) is 21.3 Å². The van der Waals surface area contributed by atoms with Gasteiger partial charge in [0.05, 0.1) is 27.8 Å². The van der Waals surface area contributed by atoms with Crippen LogP contribution in [0, 0.1) is 5.92 Å². The van der Waals surface area contributed by atoms with Crippen LogP contribution in [0.25, 0.3) is 0 Å². The highest BCUT2D eigenvalue weighted by atomic mass is 16.5. The van der Waals surface area contributed by atoms with Crippen molar-refractivity contribution in [1.82, 2.24) is 10.9 Å². The molecule has 2 amide bonds. The van der Waals surface area contributed by atoms with Crippen molar-refractivity contribution in [2.45, 2.75) is 38.5 Å². The topological polar surface area (TPSA) is 85.9 Å². The molecule has 1 aliphatic carbocycles. The van der Waals surface area contributed by atoms with Crippen molar-refractivity contribution in [3.05, 3.63) is 17.7 Å². The molecule has 1 aliphatic rings. The summed E-state index contributed by atoms with van der Waals surface area (Å²) < 4.78 is 15.8. The Morgan fingerprint density at radius 1 is 0.960 bits per heavy atom. The van der Waals surface area contributed by atoms with Gasteiger partial charge in [-0.2, -0.15) is 0 Å². The van der Waals surface area contributed by atoms with Crippen LogP contribution in [0.15, 0.2) is 12.1 Å². The second-order valence-electron chi connectivity index (χ2n) is 6.08. The van der Waals surface area contributed by atoms with Gasteiger partial charge in [-0.3, -0.25) is 20.4 Å². The number of carbonyl (C=O) groups is 2. The highest BCUT2D eigenvalue weighted by Crippen LogP contribution is 2.38. The molecule has 2 N–H and O–H groups in total. The summed E-state index contributed by atoms with van der Waals surface area (Å²) in [5.74, 6) is 1.01. The van der Waals surface area contributed by atoms with Crippen molar-refractivity contribution >= 4 is 11.8 Å². The standard InChI is InChI=1S/C18H26N2O5/c1-23-14-9-12(10-15(24-2)17(14)25-3)11-16(21)19-20-18(22)13-7-5-4-6-8-13/h9-10,13H,4-8,11H2,1-3H3,(H,19,21)(H,20,22). The van der Waals surface area contributed by atoms with Crippen molar-refractivity contribution < 1.29 is 23.8 Å². The number of ether oxygens (including phenoxy) is 3. The van der Waals surface area contributed by atoms with Crippen LogP contribution in [0.3, 0.4) is 0 Å². The molecule has 7 nitrogen and oxygen atoms in total. The summed E-state index contributed by atoms with van der Waals surface area (Å²) in [7, 11) is 4.56. The third kappa shape index (κ3) is 5.01. The van der Waals surface area contributed by atoms with Gasteiger partial charge in [0.25, 0.3) is 0 Å². The van der Waals surface area contributed by atoms with E-state index in [0.29, 0.717) is 22.8 Å². The first-order valence-corrected chi connectivity index (χ1v) is 8.46. The van der Waals surface area contributed by atoms with Gasteiger partial charge in [-0.25, -0.2) is 0 Å². The van der Waals surface area contributed by atoms with E-state index in [9.17, 15) is 9.59 Å².